The molecule has 2 aliphatic heterocycles. The number of hydrogen-bond donors (Lipinski definition) is 1. The van der Waals surface area contributed by atoms with Gasteiger partial charge >= 0.3 is 0 Å². The molecular weight excluding hydrogens is 431 g/mol. The van der Waals surface area contributed by atoms with Crippen LogP contribution in [0.3, 0.4) is 0 Å². The number of rotatable bonds is 3. The second-order valence-corrected chi connectivity index (χ2v) is 8.30. The zero-order valence-corrected chi connectivity index (χ0v) is 18.0. The summed E-state index contributed by atoms with van der Waals surface area (Å²) in [6, 6.07) is 21.2. The van der Waals surface area contributed by atoms with Gasteiger partial charge in [-0.15, -0.1) is 0 Å². The maximum absolute atomic E-state index is 14.8. The van der Waals surface area contributed by atoms with Crippen molar-refractivity contribution in [3.63, 3.8) is 0 Å². The van der Waals surface area contributed by atoms with Crippen molar-refractivity contribution < 1.29 is 14.0 Å². The number of amides is 2. The van der Waals surface area contributed by atoms with Gasteiger partial charge in [-0.25, -0.2) is 9.38 Å². The van der Waals surface area contributed by atoms with Crippen LogP contribution in [0.1, 0.15) is 27.0 Å². The second-order valence-electron chi connectivity index (χ2n) is 8.30. The lowest BCUT2D eigenvalue weighted by Crippen LogP contribution is -2.47. The number of nitrogens with zero attached hydrogens (tertiary/aromatic N) is 3. The Hall–Kier alpha value is -4.39. The average Bonchev–Trinajstić information content (AvgIpc) is 3.26. The number of benzene rings is 3. The molecule has 3 aromatic carbocycles. The molecule has 0 fully saturated rings. The molecule has 0 radical (unpaired) electrons. The Balaban J connectivity index is 1.44. The molecule has 1 atom stereocenters. The van der Waals surface area contributed by atoms with E-state index >= 15 is 0 Å². The number of para-hydroxylation sites is 2. The van der Waals surface area contributed by atoms with Crippen molar-refractivity contribution in [1.29, 1.82) is 0 Å². The topological polar surface area (TPSA) is 74.7 Å². The Morgan fingerprint density at radius 2 is 1.79 bits per heavy atom. The van der Waals surface area contributed by atoms with Gasteiger partial charge < -0.3 is 10.2 Å². The normalized spacial score (nSPS) is 16.7. The number of hydrogen-bond acceptors (Lipinski definition) is 4. The number of halogens is 1. The molecule has 6 rings (SSSR count). The van der Waals surface area contributed by atoms with Gasteiger partial charge in [-0.3, -0.25) is 14.6 Å². The molecule has 0 spiro atoms. The average molecular weight is 450 g/mol. The van der Waals surface area contributed by atoms with Gasteiger partial charge in [-0.05, 0) is 36.2 Å². The van der Waals surface area contributed by atoms with Gasteiger partial charge in [0.25, 0.3) is 11.8 Å². The Morgan fingerprint density at radius 3 is 2.68 bits per heavy atom. The lowest BCUT2D eigenvalue weighted by atomic mass is 9.98. The molecule has 0 saturated carbocycles. The lowest BCUT2D eigenvalue weighted by molar-refractivity contribution is -0.120. The van der Waals surface area contributed by atoms with Crippen molar-refractivity contribution in [1.82, 2.24) is 10.3 Å². The van der Waals surface area contributed by atoms with E-state index in [4.69, 9.17) is 0 Å². The van der Waals surface area contributed by atoms with Gasteiger partial charge in [0.15, 0.2) is 0 Å². The number of fused-ring (bicyclic) bond motifs is 1. The smallest absolute Gasteiger partial charge is 0.272 e. The molecule has 1 aromatic heterocycles. The van der Waals surface area contributed by atoms with E-state index in [0.717, 1.165) is 22.2 Å². The molecule has 3 heterocycles. The van der Waals surface area contributed by atoms with Crippen LogP contribution in [0, 0.1) is 5.82 Å². The molecule has 6 nitrogen and oxygen atoms in total. The largest absolute Gasteiger partial charge is 0.322 e. The summed E-state index contributed by atoms with van der Waals surface area (Å²) >= 11 is 0. The first-order valence-corrected chi connectivity index (χ1v) is 11.0. The maximum Gasteiger partial charge on any atom is 0.272 e. The highest BCUT2D eigenvalue weighted by molar-refractivity contribution is 6.21. The van der Waals surface area contributed by atoms with Crippen molar-refractivity contribution in [3.8, 4) is 0 Å². The summed E-state index contributed by atoms with van der Waals surface area (Å²) in [5, 5.41) is 3.57. The monoisotopic (exact) mass is 450 g/mol. The van der Waals surface area contributed by atoms with E-state index in [1.165, 1.54) is 12.3 Å². The predicted molar refractivity (Wildman–Crippen MR) is 128 cm³/mol. The van der Waals surface area contributed by atoms with Crippen molar-refractivity contribution in [2.24, 2.45) is 4.99 Å². The Bertz CT molecular complexity index is 1510. The van der Waals surface area contributed by atoms with E-state index in [9.17, 15) is 14.0 Å². The fraction of sp³-hybridized carbons (Fsp3) is 0.111. The third-order valence-corrected chi connectivity index (χ3v) is 6.26. The molecule has 2 amide bonds. The van der Waals surface area contributed by atoms with Gasteiger partial charge in [-0.1, -0.05) is 48.5 Å². The number of aromatic nitrogens is 1. The molecule has 0 bridgehead atoms. The second kappa shape index (κ2) is 7.88. The van der Waals surface area contributed by atoms with Gasteiger partial charge in [0.2, 0.25) is 6.17 Å². The fourth-order valence-electron chi connectivity index (χ4n) is 4.63. The standard InChI is InChI=1S/C27H19FN4O2/c28-21-10-3-2-8-19(21)23-20-9-5-7-16-12-13-32(24(16)20)27(34)25(30-23)31-26(33)18-14-17-6-1-4-11-22(17)29-15-18/h1-11,14-15,25H,12-13H2,(H,31,33). The van der Waals surface area contributed by atoms with Crippen LogP contribution in [-0.2, 0) is 11.2 Å². The van der Waals surface area contributed by atoms with E-state index in [0.29, 0.717) is 29.8 Å². The highest BCUT2D eigenvalue weighted by Gasteiger charge is 2.37. The van der Waals surface area contributed by atoms with Crippen LogP contribution in [-0.4, -0.2) is 35.2 Å². The fourth-order valence-corrected chi connectivity index (χ4v) is 4.63. The Kier molecular flexibility index (Phi) is 4.69. The minimum Gasteiger partial charge on any atom is -0.322 e. The molecular formula is C27H19FN4O2. The van der Waals surface area contributed by atoms with Gasteiger partial charge in [-0.2, -0.15) is 0 Å². The van der Waals surface area contributed by atoms with E-state index < -0.39 is 17.9 Å². The van der Waals surface area contributed by atoms with Crippen LogP contribution in [0.25, 0.3) is 10.9 Å². The summed E-state index contributed by atoms with van der Waals surface area (Å²) in [4.78, 5) is 37.2. The maximum atomic E-state index is 14.8. The van der Waals surface area contributed by atoms with Crippen molar-refractivity contribution in [2.75, 3.05) is 11.4 Å². The van der Waals surface area contributed by atoms with Crippen LogP contribution >= 0.6 is 0 Å². The number of nitrogens with one attached hydrogen (secondary N) is 1. The van der Waals surface area contributed by atoms with E-state index in [-0.39, 0.29) is 11.5 Å². The highest BCUT2D eigenvalue weighted by Crippen LogP contribution is 2.36. The van der Waals surface area contributed by atoms with Crippen LogP contribution in [0.15, 0.2) is 84.0 Å². The molecule has 1 N–H and O–H groups in total. The third kappa shape index (κ3) is 3.25. The summed E-state index contributed by atoms with van der Waals surface area (Å²) in [5.41, 5.74) is 4.12. The Labute approximate surface area is 194 Å². The molecule has 166 valence electrons. The third-order valence-electron chi connectivity index (χ3n) is 6.26. The molecule has 0 aliphatic carbocycles. The van der Waals surface area contributed by atoms with E-state index in [1.54, 1.807) is 29.2 Å². The Morgan fingerprint density at radius 1 is 1.00 bits per heavy atom. The highest BCUT2D eigenvalue weighted by atomic mass is 19.1. The molecule has 1 unspecified atom stereocenters. The number of carbonyl (C=O) groups excluding carboxylic acids is 2. The minimum absolute atomic E-state index is 0.282. The summed E-state index contributed by atoms with van der Waals surface area (Å²) in [5.74, 6) is -1.26. The number of aliphatic imine (C=N–C) groups is 1. The molecule has 7 heteroatoms. The van der Waals surface area contributed by atoms with Crippen molar-refractivity contribution in [3.05, 3.63) is 107 Å². The van der Waals surface area contributed by atoms with Gasteiger partial charge in [0, 0.05) is 29.3 Å². The van der Waals surface area contributed by atoms with E-state index in [2.05, 4.69) is 15.3 Å². The van der Waals surface area contributed by atoms with Gasteiger partial charge in [0.05, 0.1) is 22.5 Å². The van der Waals surface area contributed by atoms with Crippen LogP contribution in [0.4, 0.5) is 10.1 Å². The summed E-state index contributed by atoms with van der Waals surface area (Å²) in [7, 11) is 0. The summed E-state index contributed by atoms with van der Waals surface area (Å²) in [6.07, 6.45) is 0.963. The number of carbonyl (C=O) groups is 2. The first-order valence-electron chi connectivity index (χ1n) is 11.0. The van der Waals surface area contributed by atoms with Crippen LogP contribution in [0.5, 0.6) is 0 Å². The van der Waals surface area contributed by atoms with Crippen LogP contribution < -0.4 is 10.2 Å². The quantitative estimate of drug-likeness (QED) is 0.515. The van der Waals surface area contributed by atoms with Gasteiger partial charge in [0.1, 0.15) is 5.82 Å². The zero-order chi connectivity index (χ0) is 23.2. The number of anilines is 1. The molecule has 34 heavy (non-hydrogen) atoms. The first kappa shape index (κ1) is 20.2. The number of pyridine rings is 1. The van der Waals surface area contributed by atoms with Crippen LogP contribution in [0.2, 0.25) is 0 Å². The first-order chi connectivity index (χ1) is 16.6. The molecule has 0 saturated heterocycles. The summed E-state index contributed by atoms with van der Waals surface area (Å²) < 4.78 is 14.8. The van der Waals surface area contributed by atoms with Crippen molar-refractivity contribution >= 4 is 34.1 Å². The predicted octanol–water partition coefficient (Wildman–Crippen LogP) is 3.87. The van der Waals surface area contributed by atoms with Crippen molar-refractivity contribution in [2.45, 2.75) is 12.6 Å². The van der Waals surface area contributed by atoms with E-state index in [1.807, 2.05) is 42.5 Å². The lowest BCUT2D eigenvalue weighted by Gasteiger charge is -2.21. The zero-order valence-electron chi connectivity index (χ0n) is 18.0. The molecule has 2 aliphatic rings. The molecule has 4 aromatic rings. The SMILES string of the molecule is O=C(NC1N=C(c2ccccc2F)c2cccc3c2N(CC3)C1=O)c1cnc2ccccc2c1. The minimum atomic E-state index is -1.20. The summed E-state index contributed by atoms with van der Waals surface area (Å²) in [6.45, 7) is 0.481.